The molecule has 0 aliphatic heterocycles. The smallest absolute Gasteiger partial charge is 0.251 e. The van der Waals surface area contributed by atoms with E-state index in [-0.39, 0.29) is 28.8 Å². The Labute approximate surface area is 194 Å². The first-order chi connectivity index (χ1) is 15.8. The molecule has 3 rings (SSSR count). The molecule has 0 unspecified atom stereocenters. The van der Waals surface area contributed by atoms with Crippen LogP contribution in [0.2, 0.25) is 0 Å². The predicted octanol–water partition coefficient (Wildman–Crippen LogP) is 3.29. The average molecular weight is 470 g/mol. The molecule has 0 bridgehead atoms. The molecular formula is C24H27N3O5S. The lowest BCUT2D eigenvalue weighted by atomic mass is 10.1. The minimum Gasteiger partial charge on any atom is -0.495 e. The summed E-state index contributed by atoms with van der Waals surface area (Å²) in [5.74, 6) is 0.418. The molecule has 8 nitrogen and oxygen atoms in total. The Morgan fingerprint density at radius 3 is 2.58 bits per heavy atom. The van der Waals surface area contributed by atoms with E-state index in [4.69, 9.17) is 9.47 Å². The van der Waals surface area contributed by atoms with Crippen molar-refractivity contribution < 1.29 is 22.7 Å². The number of methoxy groups -OCH3 is 1. The zero-order valence-electron chi connectivity index (χ0n) is 18.7. The Hall–Kier alpha value is -3.43. The zero-order chi connectivity index (χ0) is 23.8. The summed E-state index contributed by atoms with van der Waals surface area (Å²) in [6, 6.07) is 17.0. The molecule has 0 atom stereocenters. The summed E-state index contributed by atoms with van der Waals surface area (Å²) >= 11 is 0. The Bertz CT molecular complexity index is 1200. The largest absolute Gasteiger partial charge is 0.495 e. The first-order valence-electron chi connectivity index (χ1n) is 10.4. The third-order valence-corrected chi connectivity index (χ3v) is 6.25. The van der Waals surface area contributed by atoms with Crippen LogP contribution in [-0.2, 0) is 23.2 Å². The molecule has 0 fully saturated rings. The number of benzene rings is 2. The van der Waals surface area contributed by atoms with E-state index in [1.807, 2.05) is 42.5 Å². The Kier molecular flexibility index (Phi) is 8.02. The van der Waals surface area contributed by atoms with Crippen LogP contribution in [0.3, 0.4) is 0 Å². The average Bonchev–Trinajstić information content (AvgIpc) is 2.81. The highest BCUT2D eigenvalue weighted by molar-refractivity contribution is 7.89. The molecule has 2 aromatic carbocycles. The molecule has 1 amide bonds. The quantitative estimate of drug-likeness (QED) is 0.472. The summed E-state index contributed by atoms with van der Waals surface area (Å²) in [5.41, 5.74) is 1.86. The van der Waals surface area contributed by atoms with Gasteiger partial charge in [0.05, 0.1) is 12.8 Å². The minimum absolute atomic E-state index is 0.0868. The fourth-order valence-corrected chi connectivity index (χ4v) is 4.52. The highest BCUT2D eigenvalue weighted by atomic mass is 32.2. The number of rotatable bonds is 10. The van der Waals surface area contributed by atoms with Crippen molar-refractivity contribution in [1.29, 1.82) is 0 Å². The fourth-order valence-electron chi connectivity index (χ4n) is 3.07. The van der Waals surface area contributed by atoms with Crippen molar-refractivity contribution >= 4 is 15.9 Å². The first-order valence-corrected chi connectivity index (χ1v) is 11.9. The molecule has 0 radical (unpaired) electrons. The molecule has 0 saturated heterocycles. The van der Waals surface area contributed by atoms with E-state index in [1.54, 1.807) is 20.0 Å². The van der Waals surface area contributed by atoms with Crippen LogP contribution in [0.4, 0.5) is 0 Å². The number of ether oxygens (including phenoxy) is 2. The number of carbonyl (C=O) groups excluding carboxylic acids is 1. The molecule has 0 aliphatic carbocycles. The molecule has 33 heavy (non-hydrogen) atoms. The maximum atomic E-state index is 12.7. The van der Waals surface area contributed by atoms with Crippen LogP contribution in [0.15, 0.2) is 71.8 Å². The molecule has 0 saturated carbocycles. The number of nitrogens with one attached hydrogen (secondary N) is 2. The third-order valence-electron chi connectivity index (χ3n) is 4.57. The van der Waals surface area contributed by atoms with Crippen molar-refractivity contribution in [3.63, 3.8) is 0 Å². The number of hydrogen-bond acceptors (Lipinski definition) is 6. The number of aromatic nitrogens is 1. The van der Waals surface area contributed by atoms with Gasteiger partial charge in [0.15, 0.2) is 0 Å². The second-order valence-electron chi connectivity index (χ2n) is 7.58. The number of carbonyl (C=O) groups is 1. The zero-order valence-corrected chi connectivity index (χ0v) is 19.6. The van der Waals surface area contributed by atoms with Gasteiger partial charge in [-0.1, -0.05) is 18.2 Å². The summed E-state index contributed by atoms with van der Waals surface area (Å²) < 4.78 is 38.7. The topological polar surface area (TPSA) is 107 Å². The van der Waals surface area contributed by atoms with Gasteiger partial charge >= 0.3 is 0 Å². The fraction of sp³-hybridized carbons (Fsp3) is 0.250. The number of pyridine rings is 1. The van der Waals surface area contributed by atoms with Crippen molar-refractivity contribution in [2.45, 2.75) is 37.9 Å². The van der Waals surface area contributed by atoms with Crippen LogP contribution in [0, 0.1) is 0 Å². The van der Waals surface area contributed by atoms with Crippen molar-refractivity contribution in [2.75, 3.05) is 7.11 Å². The van der Waals surface area contributed by atoms with Crippen LogP contribution in [-0.4, -0.2) is 32.5 Å². The Morgan fingerprint density at radius 2 is 1.88 bits per heavy atom. The number of nitrogens with zero attached hydrogens (tertiary/aromatic N) is 1. The first kappa shape index (κ1) is 24.2. The number of sulfonamides is 1. The lowest BCUT2D eigenvalue weighted by molar-refractivity contribution is 0.0950. The van der Waals surface area contributed by atoms with E-state index < -0.39 is 15.9 Å². The Morgan fingerprint density at radius 1 is 1.06 bits per heavy atom. The normalized spacial score (nSPS) is 11.3. The van der Waals surface area contributed by atoms with Gasteiger partial charge in [-0.25, -0.2) is 13.1 Å². The van der Waals surface area contributed by atoms with E-state index in [1.165, 1.54) is 25.3 Å². The number of hydrogen-bond donors (Lipinski definition) is 2. The number of amides is 1. The molecule has 3 aromatic rings. The van der Waals surface area contributed by atoms with Gasteiger partial charge in [0, 0.05) is 24.3 Å². The van der Waals surface area contributed by atoms with E-state index in [0.29, 0.717) is 12.4 Å². The second-order valence-corrected chi connectivity index (χ2v) is 9.26. The maximum Gasteiger partial charge on any atom is 0.251 e. The monoisotopic (exact) mass is 469 g/mol. The van der Waals surface area contributed by atoms with Gasteiger partial charge in [-0.15, -0.1) is 0 Å². The predicted molar refractivity (Wildman–Crippen MR) is 125 cm³/mol. The van der Waals surface area contributed by atoms with Crippen molar-refractivity contribution in [3.8, 4) is 11.5 Å². The molecule has 0 aliphatic rings. The summed E-state index contributed by atoms with van der Waals surface area (Å²) in [7, 11) is -2.46. The molecular weight excluding hydrogens is 442 g/mol. The molecule has 2 N–H and O–H groups in total. The van der Waals surface area contributed by atoms with Gasteiger partial charge in [0.2, 0.25) is 10.0 Å². The van der Waals surface area contributed by atoms with E-state index in [9.17, 15) is 13.2 Å². The highest BCUT2D eigenvalue weighted by Crippen LogP contribution is 2.25. The van der Waals surface area contributed by atoms with Crippen molar-refractivity contribution in [3.05, 3.63) is 83.7 Å². The molecule has 0 spiro atoms. The van der Waals surface area contributed by atoms with Gasteiger partial charge in [0.1, 0.15) is 23.0 Å². The highest BCUT2D eigenvalue weighted by Gasteiger charge is 2.22. The molecule has 174 valence electrons. The third kappa shape index (κ3) is 6.77. The lowest BCUT2D eigenvalue weighted by Crippen LogP contribution is -2.31. The summed E-state index contributed by atoms with van der Waals surface area (Å²) in [5, 5.41) is 2.81. The molecule has 1 aromatic heterocycles. The van der Waals surface area contributed by atoms with Crippen molar-refractivity contribution in [1.82, 2.24) is 15.0 Å². The lowest BCUT2D eigenvalue weighted by Gasteiger charge is -2.14. The van der Waals surface area contributed by atoms with Crippen LogP contribution >= 0.6 is 0 Å². The molecule has 1 heterocycles. The van der Waals surface area contributed by atoms with Gasteiger partial charge in [-0.3, -0.25) is 9.78 Å². The van der Waals surface area contributed by atoms with Crippen LogP contribution in [0.25, 0.3) is 0 Å². The second kappa shape index (κ2) is 10.9. The van der Waals surface area contributed by atoms with Gasteiger partial charge in [-0.2, -0.15) is 0 Å². The summed E-state index contributed by atoms with van der Waals surface area (Å²) in [6.07, 6.45) is 1.71. The van der Waals surface area contributed by atoms with E-state index in [2.05, 4.69) is 15.0 Å². The minimum atomic E-state index is -3.84. The Balaban J connectivity index is 1.68. The van der Waals surface area contributed by atoms with E-state index >= 15 is 0 Å². The van der Waals surface area contributed by atoms with Crippen LogP contribution < -0.4 is 19.5 Å². The summed E-state index contributed by atoms with van der Waals surface area (Å²) in [4.78, 5) is 16.8. The van der Waals surface area contributed by atoms with Crippen molar-refractivity contribution in [2.24, 2.45) is 0 Å². The standard InChI is InChI=1S/C24H27N3O5S/c1-17(2)27-33(29,30)23-14-19(10-11-22(23)31-3)24(28)26-15-18-7-6-9-21(13-18)32-16-20-8-4-5-12-25-20/h4-14,17,27H,15-16H2,1-3H3,(H,26,28). The van der Waals surface area contributed by atoms with Gasteiger partial charge in [-0.05, 0) is 61.9 Å². The SMILES string of the molecule is COc1ccc(C(=O)NCc2cccc(OCc3ccccn3)c2)cc1S(=O)(=O)NC(C)C. The van der Waals surface area contributed by atoms with Gasteiger partial charge < -0.3 is 14.8 Å². The van der Waals surface area contributed by atoms with E-state index in [0.717, 1.165) is 11.3 Å². The van der Waals surface area contributed by atoms with Gasteiger partial charge in [0.25, 0.3) is 5.91 Å². The van der Waals surface area contributed by atoms with Crippen LogP contribution in [0.1, 0.15) is 35.5 Å². The van der Waals surface area contributed by atoms with Crippen LogP contribution in [0.5, 0.6) is 11.5 Å². The summed E-state index contributed by atoms with van der Waals surface area (Å²) in [6.45, 7) is 4.02. The molecule has 9 heteroatoms. The maximum absolute atomic E-state index is 12.7.